The monoisotopic (exact) mass is 527 g/mol. The number of benzene rings is 2. The number of hydrogen-bond donors (Lipinski definition) is 1. The Hall–Kier alpha value is -2.87. The van der Waals surface area contributed by atoms with E-state index in [0.29, 0.717) is 12.1 Å². The molecule has 1 fully saturated rings. The van der Waals surface area contributed by atoms with Crippen LogP contribution < -0.4 is 9.62 Å². The van der Waals surface area contributed by atoms with Crippen molar-refractivity contribution in [3.05, 3.63) is 64.7 Å². The number of carbonyl (C=O) groups is 2. The topological polar surface area (TPSA) is 86.8 Å². The van der Waals surface area contributed by atoms with Crippen LogP contribution in [0.1, 0.15) is 67.7 Å². The lowest BCUT2D eigenvalue weighted by atomic mass is 9.95. The van der Waals surface area contributed by atoms with Crippen LogP contribution in [0.2, 0.25) is 0 Å². The van der Waals surface area contributed by atoms with Crippen LogP contribution in [-0.2, 0) is 26.2 Å². The van der Waals surface area contributed by atoms with Crippen molar-refractivity contribution in [3.63, 3.8) is 0 Å². The quantitative estimate of drug-likeness (QED) is 0.488. The number of nitrogens with zero attached hydrogens (tertiary/aromatic N) is 2. The highest BCUT2D eigenvalue weighted by Crippen LogP contribution is 2.26. The van der Waals surface area contributed by atoms with Crippen molar-refractivity contribution in [2.24, 2.45) is 0 Å². The zero-order valence-electron chi connectivity index (χ0n) is 22.8. The highest BCUT2D eigenvalue weighted by atomic mass is 32.2. The van der Waals surface area contributed by atoms with Crippen molar-refractivity contribution in [1.82, 2.24) is 10.2 Å². The van der Waals surface area contributed by atoms with Gasteiger partial charge in [0.05, 0.1) is 11.9 Å². The number of nitrogens with one attached hydrogen (secondary N) is 1. The van der Waals surface area contributed by atoms with Gasteiger partial charge in [0.2, 0.25) is 21.8 Å². The SMILES string of the molecule is CCC(C(=O)NC1CCCCC1)N(Cc1ccccc1C)C(=O)CN(c1cccc(C)c1C)S(C)(=O)=O. The summed E-state index contributed by atoms with van der Waals surface area (Å²) in [6, 6.07) is 12.6. The lowest BCUT2D eigenvalue weighted by Gasteiger charge is -2.34. The highest BCUT2D eigenvalue weighted by Gasteiger charge is 2.33. The molecule has 2 amide bonds. The second-order valence-electron chi connectivity index (χ2n) is 10.2. The Morgan fingerprint density at radius 3 is 2.24 bits per heavy atom. The van der Waals surface area contributed by atoms with Crippen molar-refractivity contribution in [2.75, 3.05) is 17.1 Å². The van der Waals surface area contributed by atoms with Gasteiger partial charge in [-0.2, -0.15) is 0 Å². The number of aryl methyl sites for hydroxylation is 2. The van der Waals surface area contributed by atoms with Crippen LogP contribution in [0.4, 0.5) is 5.69 Å². The molecule has 0 saturated heterocycles. The Labute approximate surface area is 222 Å². The van der Waals surface area contributed by atoms with Gasteiger partial charge in [0.25, 0.3) is 0 Å². The Bertz CT molecular complexity index is 1210. The Morgan fingerprint density at radius 1 is 0.973 bits per heavy atom. The molecule has 0 bridgehead atoms. The fraction of sp³-hybridized carbons (Fsp3) is 0.517. The number of anilines is 1. The molecule has 3 rings (SSSR count). The lowest BCUT2D eigenvalue weighted by Crippen LogP contribution is -2.54. The van der Waals surface area contributed by atoms with Gasteiger partial charge in [0.1, 0.15) is 12.6 Å². The maximum Gasteiger partial charge on any atom is 0.244 e. The zero-order chi connectivity index (χ0) is 27.2. The van der Waals surface area contributed by atoms with Crippen molar-refractivity contribution >= 4 is 27.5 Å². The summed E-state index contributed by atoms with van der Waals surface area (Å²) in [6.07, 6.45) is 6.80. The average molecular weight is 528 g/mol. The van der Waals surface area contributed by atoms with Gasteiger partial charge < -0.3 is 10.2 Å². The molecule has 1 atom stereocenters. The minimum absolute atomic E-state index is 0.119. The van der Waals surface area contributed by atoms with E-state index in [1.807, 2.05) is 58.0 Å². The van der Waals surface area contributed by atoms with E-state index >= 15 is 0 Å². The summed E-state index contributed by atoms with van der Waals surface area (Å²) in [4.78, 5) is 29.0. The van der Waals surface area contributed by atoms with Crippen molar-refractivity contribution in [2.45, 2.75) is 84.8 Å². The van der Waals surface area contributed by atoms with E-state index in [1.54, 1.807) is 17.0 Å². The Kier molecular flexibility index (Phi) is 9.76. The van der Waals surface area contributed by atoms with Gasteiger partial charge in [-0.05, 0) is 68.4 Å². The molecule has 37 heavy (non-hydrogen) atoms. The second-order valence-corrected chi connectivity index (χ2v) is 12.1. The molecule has 0 aliphatic heterocycles. The van der Waals surface area contributed by atoms with Gasteiger partial charge in [-0.1, -0.05) is 62.6 Å². The summed E-state index contributed by atoms with van der Waals surface area (Å²) < 4.78 is 26.9. The first-order valence-electron chi connectivity index (χ1n) is 13.2. The maximum absolute atomic E-state index is 13.9. The molecule has 0 spiro atoms. The molecule has 7 nitrogen and oxygen atoms in total. The molecule has 1 aliphatic rings. The van der Waals surface area contributed by atoms with E-state index in [4.69, 9.17) is 0 Å². The number of carbonyl (C=O) groups excluding carboxylic acids is 2. The summed E-state index contributed by atoms with van der Waals surface area (Å²) in [7, 11) is -3.76. The molecular formula is C29H41N3O4S. The Morgan fingerprint density at radius 2 is 1.62 bits per heavy atom. The van der Waals surface area contributed by atoms with Crippen molar-refractivity contribution in [1.29, 1.82) is 0 Å². The van der Waals surface area contributed by atoms with E-state index in [-0.39, 0.29) is 25.0 Å². The molecule has 2 aromatic carbocycles. The second kappa shape index (κ2) is 12.6. The van der Waals surface area contributed by atoms with E-state index in [9.17, 15) is 18.0 Å². The molecule has 2 aromatic rings. The highest BCUT2D eigenvalue weighted by molar-refractivity contribution is 7.92. The van der Waals surface area contributed by atoms with Crippen LogP contribution in [0, 0.1) is 20.8 Å². The summed E-state index contributed by atoms with van der Waals surface area (Å²) in [5.41, 5.74) is 4.16. The van der Waals surface area contributed by atoms with Crippen LogP contribution in [-0.4, -0.2) is 50.0 Å². The van der Waals surface area contributed by atoms with Crippen LogP contribution in [0.3, 0.4) is 0 Å². The van der Waals surface area contributed by atoms with Crippen LogP contribution in [0.15, 0.2) is 42.5 Å². The van der Waals surface area contributed by atoms with Gasteiger partial charge in [0, 0.05) is 12.6 Å². The van der Waals surface area contributed by atoms with Crippen LogP contribution >= 0.6 is 0 Å². The summed E-state index contributed by atoms with van der Waals surface area (Å²) in [5, 5.41) is 3.17. The zero-order valence-corrected chi connectivity index (χ0v) is 23.6. The predicted octanol–water partition coefficient (Wildman–Crippen LogP) is 4.63. The van der Waals surface area contributed by atoms with Crippen LogP contribution in [0.25, 0.3) is 0 Å². The average Bonchev–Trinajstić information content (AvgIpc) is 2.85. The van der Waals surface area contributed by atoms with E-state index in [2.05, 4.69) is 5.32 Å². The minimum atomic E-state index is -3.76. The molecule has 1 N–H and O–H groups in total. The van der Waals surface area contributed by atoms with Gasteiger partial charge in [-0.25, -0.2) is 8.42 Å². The van der Waals surface area contributed by atoms with Gasteiger partial charge in [-0.15, -0.1) is 0 Å². The first kappa shape index (κ1) is 28.7. The smallest absolute Gasteiger partial charge is 0.244 e. The molecule has 1 saturated carbocycles. The van der Waals surface area contributed by atoms with Gasteiger partial charge in [-0.3, -0.25) is 13.9 Å². The lowest BCUT2D eigenvalue weighted by molar-refractivity contribution is -0.140. The maximum atomic E-state index is 13.9. The number of rotatable bonds is 10. The third-order valence-corrected chi connectivity index (χ3v) is 8.59. The van der Waals surface area contributed by atoms with E-state index < -0.39 is 22.0 Å². The van der Waals surface area contributed by atoms with Gasteiger partial charge in [0.15, 0.2) is 0 Å². The number of hydrogen-bond acceptors (Lipinski definition) is 4. The van der Waals surface area contributed by atoms with Crippen molar-refractivity contribution < 1.29 is 18.0 Å². The molecular weight excluding hydrogens is 486 g/mol. The molecule has 0 radical (unpaired) electrons. The van der Waals surface area contributed by atoms with E-state index in [0.717, 1.165) is 58.5 Å². The van der Waals surface area contributed by atoms with Crippen molar-refractivity contribution in [3.8, 4) is 0 Å². The molecule has 8 heteroatoms. The normalized spacial score (nSPS) is 15.2. The standard InChI is InChI=1S/C29H41N3O4S/c1-6-26(29(34)30-25-16-8-7-9-17-25)31(19-24-15-11-10-13-22(24)3)28(33)20-32(37(5,35)36)27-18-12-14-21(2)23(27)4/h10-15,18,25-26H,6-9,16-17,19-20H2,1-5H3,(H,30,34). The van der Waals surface area contributed by atoms with Gasteiger partial charge >= 0.3 is 0 Å². The summed E-state index contributed by atoms with van der Waals surface area (Å²) >= 11 is 0. The Balaban J connectivity index is 1.95. The fourth-order valence-electron chi connectivity index (χ4n) is 5.04. The first-order chi connectivity index (χ1) is 17.5. The molecule has 1 unspecified atom stereocenters. The first-order valence-corrected chi connectivity index (χ1v) is 15.1. The summed E-state index contributed by atoms with van der Waals surface area (Å²) in [6.45, 7) is 7.48. The third-order valence-electron chi connectivity index (χ3n) is 7.46. The number of amides is 2. The largest absolute Gasteiger partial charge is 0.352 e. The molecule has 1 aliphatic carbocycles. The summed E-state index contributed by atoms with van der Waals surface area (Å²) in [5.74, 6) is -0.575. The predicted molar refractivity (Wildman–Crippen MR) is 149 cm³/mol. The van der Waals surface area contributed by atoms with E-state index in [1.165, 1.54) is 6.42 Å². The molecule has 0 heterocycles. The minimum Gasteiger partial charge on any atom is -0.352 e. The fourth-order valence-corrected chi connectivity index (χ4v) is 5.94. The third kappa shape index (κ3) is 7.34. The number of sulfonamides is 1. The molecule has 0 aromatic heterocycles. The molecule has 202 valence electrons. The van der Waals surface area contributed by atoms with Crippen LogP contribution in [0.5, 0.6) is 0 Å².